The first kappa shape index (κ1) is 79.4. The van der Waals surface area contributed by atoms with Crippen molar-refractivity contribution in [2.24, 2.45) is 0 Å². The number of aryl methyl sites for hydroxylation is 2. The number of esters is 2. The number of hydrogen-bond donors (Lipinski definition) is 6. The van der Waals surface area contributed by atoms with Crippen molar-refractivity contribution in [3.63, 3.8) is 0 Å². The summed E-state index contributed by atoms with van der Waals surface area (Å²) in [6, 6.07) is 22.3. The second-order valence-corrected chi connectivity index (χ2v) is 36.2. The van der Waals surface area contributed by atoms with E-state index in [4.69, 9.17) is 18.9 Å². The number of carbonyl (C=O) groups excluding carboxylic acids is 6. The zero-order valence-corrected chi connectivity index (χ0v) is 64.6. The van der Waals surface area contributed by atoms with E-state index in [2.05, 4.69) is 34.3 Å². The average molecular weight is 1400 g/mol. The highest BCUT2D eigenvalue weighted by molar-refractivity contribution is 6.08. The molecule has 2 atom stereocenters. The normalized spacial score (nSPS) is 19.7. The number of imide groups is 2. The Hall–Kier alpha value is -7.26. The van der Waals surface area contributed by atoms with Crippen LogP contribution in [0, 0.1) is 0 Å². The Balaban J connectivity index is 0.767. The highest BCUT2D eigenvalue weighted by atomic mass is 16.5. The molecule has 0 bridgehead atoms. The minimum Gasteiger partial charge on any atom is -0.507 e. The highest BCUT2D eigenvalue weighted by Crippen LogP contribution is 2.49. The van der Waals surface area contributed by atoms with Gasteiger partial charge in [0.1, 0.15) is 72.7 Å². The van der Waals surface area contributed by atoms with E-state index in [0.29, 0.717) is 50.0 Å². The maximum absolute atomic E-state index is 14.3. The number of hydrogen-bond acceptors (Lipinski definition) is 16. The molecule has 4 aliphatic rings. The third kappa shape index (κ3) is 17.9. The molecule has 556 valence electrons. The van der Waals surface area contributed by atoms with Gasteiger partial charge in [-0.25, -0.2) is 9.59 Å². The van der Waals surface area contributed by atoms with Gasteiger partial charge in [-0.1, -0.05) is 145 Å². The number of phenols is 2. The standard InChI is InChI=1S/C81H118N6O14/c1-71(2,3)59-39-51(40-60(65(59)92)72(4,5)6)23-33-63(90)98-37-35-84-67(94)80(82-69(84)96)47-75(13,14)86(76(15,16)48-80)43-55(88)45-100-57-29-25-53(26-30-57)79(21,22)54-27-31-58(32-28-54)101-46-56(89)44-87-77(17,18)49-81(50-78(87,19)20)68(95)85(70(97)83-81)36-38-99-64(91)34-24-52-41-61(73(7,8)9)66(93)62(42-52)74(10,11)12/h25-32,39-42,55-56,88-89,92-93H,23-24,33-38,43-50H2,1-22H3,(H,82,96)(H,83,97). The highest BCUT2D eigenvalue weighted by Gasteiger charge is 2.63. The first-order chi connectivity index (χ1) is 46.3. The summed E-state index contributed by atoms with van der Waals surface area (Å²) in [6.45, 7) is 44.9. The van der Waals surface area contributed by atoms with Crippen molar-refractivity contribution in [3.8, 4) is 23.0 Å². The summed E-state index contributed by atoms with van der Waals surface area (Å²) >= 11 is 0. The van der Waals surface area contributed by atoms with Crippen LogP contribution >= 0.6 is 0 Å². The fourth-order valence-electron chi connectivity index (χ4n) is 16.4. The lowest BCUT2D eigenvalue weighted by molar-refractivity contribution is -0.147. The van der Waals surface area contributed by atoms with E-state index in [9.17, 15) is 49.2 Å². The number of urea groups is 2. The number of nitrogens with zero attached hydrogens (tertiary/aromatic N) is 4. The summed E-state index contributed by atoms with van der Waals surface area (Å²) in [5.74, 6) is 0.0932. The van der Waals surface area contributed by atoms with Crippen molar-refractivity contribution in [1.82, 2.24) is 30.2 Å². The fourth-order valence-corrected chi connectivity index (χ4v) is 16.4. The van der Waals surface area contributed by atoms with Crippen molar-refractivity contribution in [3.05, 3.63) is 117 Å². The number of benzene rings is 4. The van der Waals surface area contributed by atoms with Gasteiger partial charge >= 0.3 is 24.0 Å². The number of β-amino-alcohol motifs (C(OH)–C–C–N with tert-alkyl or cyclic N) is 2. The van der Waals surface area contributed by atoms with E-state index in [0.717, 1.165) is 54.3 Å². The predicted octanol–water partition coefficient (Wildman–Crippen LogP) is 12.3. The van der Waals surface area contributed by atoms with Gasteiger partial charge in [0.05, 0.1) is 13.1 Å². The number of aliphatic hydroxyl groups is 2. The van der Waals surface area contributed by atoms with Crippen molar-refractivity contribution >= 4 is 35.8 Å². The Kier molecular flexibility index (Phi) is 22.6. The number of phenolic OH excluding ortho intramolecular Hbond substituents is 2. The van der Waals surface area contributed by atoms with E-state index in [1.807, 2.05) is 211 Å². The molecule has 6 N–H and O–H groups in total. The maximum Gasteiger partial charge on any atom is 0.325 e. The number of ether oxygens (including phenoxy) is 4. The quantitative estimate of drug-likeness (QED) is 0.0282. The SMILES string of the molecule is CC(C)(C)c1cc(CCC(=O)OCCN2C(=O)NC3(CC(C)(C)N(CC(O)COc4ccc(C(C)(C)c5ccc(OCC(O)CN6C(C)(C)CC7(CC6(C)C)NC(=O)N(CCOC(=O)CCc6cc(C(C)(C)C)c(O)c(C(C)(C)C)c6)C7=O)cc5)cc4)C(C)(C)C3)C2=O)cc(C(C)(C)C)c1O. The first-order valence-corrected chi connectivity index (χ1v) is 36.0. The van der Waals surface area contributed by atoms with Gasteiger partial charge in [0.15, 0.2) is 0 Å². The van der Waals surface area contributed by atoms with E-state index in [1.54, 1.807) is 0 Å². The topological polar surface area (TPSA) is 257 Å². The van der Waals surface area contributed by atoms with Gasteiger partial charge in [-0.2, -0.15) is 0 Å². The third-order valence-corrected chi connectivity index (χ3v) is 21.1. The Morgan fingerprint density at radius 2 is 0.743 bits per heavy atom. The van der Waals surface area contributed by atoms with Crippen LogP contribution in [0.3, 0.4) is 0 Å². The van der Waals surface area contributed by atoms with Gasteiger partial charge in [-0.05, 0) is 184 Å². The van der Waals surface area contributed by atoms with Gasteiger partial charge in [-0.15, -0.1) is 0 Å². The van der Waals surface area contributed by atoms with Crippen LogP contribution in [0.15, 0.2) is 72.8 Å². The van der Waals surface area contributed by atoms with Crippen LogP contribution in [0.5, 0.6) is 23.0 Å². The molecule has 0 saturated carbocycles. The molecular weight excluding hydrogens is 1280 g/mol. The summed E-state index contributed by atoms with van der Waals surface area (Å²) in [6.07, 6.45) is 0.359. The molecule has 0 aromatic heterocycles. The lowest BCUT2D eigenvalue weighted by Gasteiger charge is -2.58. The van der Waals surface area contributed by atoms with Crippen LogP contribution in [0.4, 0.5) is 9.59 Å². The Labute approximate surface area is 600 Å². The Morgan fingerprint density at radius 1 is 0.465 bits per heavy atom. The molecular formula is C81H118N6O14. The second kappa shape index (κ2) is 28.8. The average Bonchev–Trinajstić information content (AvgIpc) is 1.65. The smallest absolute Gasteiger partial charge is 0.325 e. The molecule has 4 saturated heterocycles. The number of piperidine rings is 2. The van der Waals surface area contributed by atoms with Gasteiger partial charge in [0, 0.05) is 53.5 Å². The molecule has 4 aliphatic heterocycles. The van der Waals surface area contributed by atoms with Gasteiger partial charge in [0.2, 0.25) is 0 Å². The van der Waals surface area contributed by atoms with Crippen molar-refractivity contribution < 1.29 is 68.1 Å². The molecule has 0 aliphatic carbocycles. The van der Waals surface area contributed by atoms with E-state index >= 15 is 0 Å². The molecule has 4 aromatic rings. The number of nitrogens with one attached hydrogen (secondary N) is 2. The molecule has 4 heterocycles. The molecule has 4 aromatic carbocycles. The summed E-state index contributed by atoms with van der Waals surface area (Å²) in [7, 11) is 0. The number of rotatable bonds is 24. The summed E-state index contributed by atoms with van der Waals surface area (Å²) in [5, 5.41) is 51.4. The minimum atomic E-state index is -1.19. The van der Waals surface area contributed by atoms with Crippen LogP contribution in [0.2, 0.25) is 0 Å². The fraction of sp³-hybridized carbons (Fsp3) is 0.630. The molecule has 20 nitrogen and oxygen atoms in total. The summed E-state index contributed by atoms with van der Waals surface area (Å²) in [5.41, 5.74) is 0.469. The van der Waals surface area contributed by atoms with Crippen LogP contribution in [-0.4, -0.2) is 174 Å². The zero-order valence-electron chi connectivity index (χ0n) is 64.6. The number of aromatic hydroxyl groups is 2. The zero-order chi connectivity index (χ0) is 75.4. The molecule has 0 radical (unpaired) electrons. The number of aliphatic hydroxyl groups excluding tert-OH is 2. The van der Waals surface area contributed by atoms with Gasteiger partial charge < -0.3 is 50.0 Å². The van der Waals surface area contributed by atoms with E-state index < -0.39 is 74.9 Å². The minimum absolute atomic E-state index is 0.0146. The van der Waals surface area contributed by atoms with Crippen molar-refractivity contribution in [2.75, 3.05) is 52.6 Å². The summed E-state index contributed by atoms with van der Waals surface area (Å²) < 4.78 is 23.5. The largest absolute Gasteiger partial charge is 0.507 e. The molecule has 4 fully saturated rings. The number of amides is 6. The van der Waals surface area contributed by atoms with Crippen molar-refractivity contribution in [1.29, 1.82) is 0 Å². The molecule has 20 heteroatoms. The van der Waals surface area contributed by atoms with E-state index in [-0.39, 0.29) is 110 Å². The molecule has 6 amide bonds. The lowest BCUT2D eigenvalue weighted by atomic mass is 9.68. The first-order valence-electron chi connectivity index (χ1n) is 36.0. The second-order valence-electron chi connectivity index (χ2n) is 36.2. The van der Waals surface area contributed by atoms with Crippen LogP contribution in [0.1, 0.15) is 235 Å². The van der Waals surface area contributed by atoms with Gasteiger partial charge in [-0.3, -0.25) is 38.8 Å². The molecule has 8 rings (SSSR count). The van der Waals surface area contributed by atoms with Crippen LogP contribution < -0.4 is 20.1 Å². The van der Waals surface area contributed by atoms with Crippen LogP contribution in [0.25, 0.3) is 0 Å². The predicted molar refractivity (Wildman–Crippen MR) is 392 cm³/mol. The monoisotopic (exact) mass is 1400 g/mol. The Bertz CT molecular complexity index is 3370. The molecule has 2 spiro atoms. The third-order valence-electron chi connectivity index (χ3n) is 21.1. The Morgan fingerprint density at radius 3 is 1.01 bits per heavy atom. The number of likely N-dealkylation sites (tertiary alicyclic amines) is 2. The number of carbonyl (C=O) groups is 6. The van der Waals surface area contributed by atoms with Crippen molar-refractivity contribution in [2.45, 2.75) is 276 Å². The molecule has 2 unspecified atom stereocenters. The van der Waals surface area contributed by atoms with E-state index in [1.165, 1.54) is 0 Å². The lowest BCUT2D eigenvalue weighted by Crippen LogP contribution is -2.70. The summed E-state index contributed by atoms with van der Waals surface area (Å²) in [4.78, 5) is 88.4. The molecule has 101 heavy (non-hydrogen) atoms. The van der Waals surface area contributed by atoms with Crippen LogP contribution in [-0.2, 0) is 68.6 Å². The van der Waals surface area contributed by atoms with Gasteiger partial charge in [0.25, 0.3) is 11.8 Å². The maximum atomic E-state index is 14.3.